The van der Waals surface area contributed by atoms with Gasteiger partial charge in [0, 0.05) is 24.8 Å². The largest absolute Gasteiger partial charge is 0.338 e. The molecule has 0 saturated heterocycles. The number of pyridine rings is 1. The number of urea groups is 1. The number of hydrogen-bond acceptors (Lipinski definition) is 5. The maximum absolute atomic E-state index is 12.4. The smallest absolute Gasteiger partial charge is 0.320 e. The van der Waals surface area contributed by atoms with Gasteiger partial charge in [-0.25, -0.2) is 14.8 Å². The van der Waals surface area contributed by atoms with Gasteiger partial charge in [-0.2, -0.15) is 5.10 Å². The van der Waals surface area contributed by atoms with Gasteiger partial charge in [-0.1, -0.05) is 51.1 Å². The number of carbonyl (C=O) groups excluding carboxylic acids is 1. The summed E-state index contributed by atoms with van der Waals surface area (Å²) >= 11 is 0. The second-order valence-electron chi connectivity index (χ2n) is 9.02. The van der Waals surface area contributed by atoms with Gasteiger partial charge >= 0.3 is 6.03 Å². The van der Waals surface area contributed by atoms with Crippen LogP contribution in [0, 0.1) is 0 Å². The molecule has 1 aromatic carbocycles. The zero-order valence-electron chi connectivity index (χ0n) is 20.0. The fourth-order valence-electron chi connectivity index (χ4n) is 3.88. The SMILES string of the molecule is CCCn1cc(-c2cnc3ccc(NC(=O)NCCCC(C)(C)c4ccccc4)nc3n2)cn1. The first kappa shape index (κ1) is 23.4. The number of nitrogens with one attached hydrogen (secondary N) is 2. The van der Waals surface area contributed by atoms with Crippen LogP contribution < -0.4 is 10.6 Å². The van der Waals surface area contributed by atoms with Gasteiger partial charge in [0.2, 0.25) is 0 Å². The molecule has 0 atom stereocenters. The third kappa shape index (κ3) is 5.75. The Hall–Kier alpha value is -3.81. The zero-order chi connectivity index (χ0) is 24.0. The lowest BCUT2D eigenvalue weighted by molar-refractivity contribution is 0.251. The highest BCUT2D eigenvalue weighted by Gasteiger charge is 2.19. The number of fused-ring (bicyclic) bond motifs is 1. The molecular weight excluding hydrogens is 426 g/mol. The summed E-state index contributed by atoms with van der Waals surface area (Å²) in [6.07, 6.45) is 8.30. The predicted octanol–water partition coefficient (Wildman–Crippen LogP) is 5.18. The molecule has 8 nitrogen and oxygen atoms in total. The molecule has 34 heavy (non-hydrogen) atoms. The van der Waals surface area contributed by atoms with Crippen LogP contribution >= 0.6 is 0 Å². The lowest BCUT2D eigenvalue weighted by Crippen LogP contribution is -2.31. The van der Waals surface area contributed by atoms with Crippen LogP contribution in [0.1, 0.15) is 45.6 Å². The Labute approximate surface area is 199 Å². The first-order valence-electron chi connectivity index (χ1n) is 11.7. The quantitative estimate of drug-likeness (QED) is 0.338. The fourth-order valence-corrected chi connectivity index (χ4v) is 3.88. The van der Waals surface area contributed by atoms with Crippen molar-refractivity contribution in [2.24, 2.45) is 0 Å². The first-order valence-corrected chi connectivity index (χ1v) is 11.7. The highest BCUT2D eigenvalue weighted by atomic mass is 16.2. The van der Waals surface area contributed by atoms with Crippen LogP contribution in [0.3, 0.4) is 0 Å². The summed E-state index contributed by atoms with van der Waals surface area (Å²) in [6.45, 7) is 8.00. The minimum atomic E-state index is -0.283. The maximum atomic E-state index is 12.4. The third-order valence-corrected chi connectivity index (χ3v) is 5.85. The second kappa shape index (κ2) is 10.4. The molecule has 0 bridgehead atoms. The molecular formula is C26H31N7O. The van der Waals surface area contributed by atoms with Crippen molar-refractivity contribution in [1.82, 2.24) is 30.0 Å². The van der Waals surface area contributed by atoms with Crippen LogP contribution in [0.25, 0.3) is 22.4 Å². The van der Waals surface area contributed by atoms with Crippen LogP contribution in [-0.2, 0) is 12.0 Å². The van der Waals surface area contributed by atoms with Crippen LogP contribution in [0.4, 0.5) is 10.6 Å². The predicted molar refractivity (Wildman–Crippen MR) is 135 cm³/mol. The van der Waals surface area contributed by atoms with Crippen LogP contribution in [0.2, 0.25) is 0 Å². The molecule has 0 aliphatic carbocycles. The number of amides is 2. The molecule has 2 N–H and O–H groups in total. The topological polar surface area (TPSA) is 97.6 Å². The molecule has 4 rings (SSSR count). The summed E-state index contributed by atoms with van der Waals surface area (Å²) in [5, 5.41) is 10.1. The molecule has 3 aromatic heterocycles. The van der Waals surface area contributed by atoms with Gasteiger partial charge in [0.15, 0.2) is 5.65 Å². The Kier molecular flexibility index (Phi) is 7.15. The standard InChI is InChI=1S/C26H31N7O/c1-4-15-33-18-19(16-29-33)22-17-28-21-11-12-23(31-24(21)30-22)32-25(34)27-14-8-13-26(2,3)20-9-6-5-7-10-20/h5-7,9-12,16-18H,4,8,13-15H2,1-3H3,(H2,27,30,31,32,34). The summed E-state index contributed by atoms with van der Waals surface area (Å²) in [4.78, 5) is 25.9. The van der Waals surface area contributed by atoms with E-state index in [1.807, 2.05) is 16.9 Å². The highest BCUT2D eigenvalue weighted by molar-refractivity contribution is 5.89. The number of benzene rings is 1. The molecule has 0 spiro atoms. The normalized spacial score (nSPS) is 11.5. The van der Waals surface area contributed by atoms with E-state index in [4.69, 9.17) is 0 Å². The van der Waals surface area contributed by atoms with Gasteiger partial charge < -0.3 is 5.32 Å². The Balaban J connectivity index is 1.33. The monoisotopic (exact) mass is 457 g/mol. The van der Waals surface area contributed by atoms with Crippen LogP contribution in [0.15, 0.2) is 61.1 Å². The van der Waals surface area contributed by atoms with Crippen molar-refractivity contribution < 1.29 is 4.79 Å². The summed E-state index contributed by atoms with van der Waals surface area (Å²) in [6, 6.07) is 13.7. The molecule has 2 amide bonds. The van der Waals surface area contributed by atoms with Gasteiger partial charge in [0.05, 0.1) is 18.1 Å². The molecule has 3 heterocycles. The van der Waals surface area contributed by atoms with E-state index < -0.39 is 0 Å². The lowest BCUT2D eigenvalue weighted by Gasteiger charge is -2.25. The lowest BCUT2D eigenvalue weighted by atomic mass is 9.80. The maximum Gasteiger partial charge on any atom is 0.320 e. The number of anilines is 1. The first-order chi connectivity index (χ1) is 16.4. The van der Waals surface area contributed by atoms with E-state index in [9.17, 15) is 4.79 Å². The minimum Gasteiger partial charge on any atom is -0.338 e. The molecule has 4 aromatic rings. The van der Waals surface area contributed by atoms with Crippen molar-refractivity contribution in [3.05, 3.63) is 66.6 Å². The van der Waals surface area contributed by atoms with Gasteiger partial charge in [-0.3, -0.25) is 15.0 Å². The Morgan fingerprint density at radius 2 is 1.88 bits per heavy atom. The van der Waals surface area contributed by atoms with Gasteiger partial charge in [0.25, 0.3) is 0 Å². The van der Waals surface area contributed by atoms with E-state index in [1.165, 1.54) is 5.56 Å². The van der Waals surface area contributed by atoms with Crippen molar-refractivity contribution in [2.75, 3.05) is 11.9 Å². The number of nitrogens with zero attached hydrogens (tertiary/aromatic N) is 5. The van der Waals surface area contributed by atoms with Gasteiger partial charge in [-0.05, 0) is 42.4 Å². The van der Waals surface area contributed by atoms with Crippen molar-refractivity contribution in [1.29, 1.82) is 0 Å². The van der Waals surface area contributed by atoms with Gasteiger partial charge in [-0.15, -0.1) is 0 Å². The molecule has 0 saturated carbocycles. The zero-order valence-corrected chi connectivity index (χ0v) is 20.0. The number of aryl methyl sites for hydroxylation is 1. The average molecular weight is 458 g/mol. The van der Waals surface area contributed by atoms with Crippen molar-refractivity contribution >= 4 is 23.0 Å². The summed E-state index contributed by atoms with van der Waals surface area (Å²) in [5.41, 5.74) is 4.09. The molecule has 0 aliphatic rings. The molecule has 0 fully saturated rings. The van der Waals surface area contributed by atoms with E-state index in [0.717, 1.165) is 31.4 Å². The minimum absolute atomic E-state index is 0.0583. The number of carbonyl (C=O) groups is 1. The number of aromatic nitrogens is 5. The van der Waals surface area contributed by atoms with Crippen molar-refractivity contribution in [2.45, 2.75) is 52.0 Å². The van der Waals surface area contributed by atoms with Gasteiger partial charge in [0.1, 0.15) is 11.3 Å². The Bertz CT molecular complexity index is 1250. The number of hydrogen-bond donors (Lipinski definition) is 2. The highest BCUT2D eigenvalue weighted by Crippen LogP contribution is 2.27. The van der Waals surface area contributed by atoms with E-state index in [1.54, 1.807) is 24.5 Å². The molecule has 176 valence electrons. The van der Waals surface area contributed by atoms with Crippen molar-refractivity contribution in [3.8, 4) is 11.3 Å². The van der Waals surface area contributed by atoms with E-state index >= 15 is 0 Å². The second-order valence-corrected chi connectivity index (χ2v) is 9.02. The summed E-state index contributed by atoms with van der Waals surface area (Å²) in [7, 11) is 0. The molecule has 0 radical (unpaired) electrons. The third-order valence-electron chi connectivity index (χ3n) is 5.85. The molecule has 0 aliphatic heterocycles. The average Bonchev–Trinajstić information content (AvgIpc) is 3.31. The fraction of sp³-hybridized carbons (Fsp3) is 0.346. The van der Waals surface area contributed by atoms with Crippen molar-refractivity contribution in [3.63, 3.8) is 0 Å². The Morgan fingerprint density at radius 3 is 2.68 bits per heavy atom. The van der Waals surface area contributed by atoms with E-state index in [-0.39, 0.29) is 11.4 Å². The number of rotatable bonds is 9. The summed E-state index contributed by atoms with van der Waals surface area (Å²) in [5.74, 6) is 0.433. The van der Waals surface area contributed by atoms with E-state index in [0.29, 0.717) is 29.2 Å². The van der Waals surface area contributed by atoms with Crippen LogP contribution in [0.5, 0.6) is 0 Å². The Morgan fingerprint density at radius 1 is 1.06 bits per heavy atom. The van der Waals surface area contributed by atoms with E-state index in [2.05, 4.69) is 75.7 Å². The molecule has 0 unspecified atom stereocenters. The summed E-state index contributed by atoms with van der Waals surface area (Å²) < 4.78 is 1.89. The molecule has 8 heteroatoms. The van der Waals surface area contributed by atoms with Crippen LogP contribution in [-0.4, -0.2) is 37.3 Å².